The summed E-state index contributed by atoms with van der Waals surface area (Å²) in [5, 5.41) is 8.94. The SMILES string of the molecule is CCCN(CCOC)C(=O)C(CC)N(CC(F)(F)F)c1ccc(C#N)c(C(F)(F)F)c1. The Morgan fingerprint density at radius 2 is 1.81 bits per heavy atom. The average Bonchev–Trinajstić information content (AvgIpc) is 2.68. The Hall–Kier alpha value is -2.48. The van der Waals surface area contributed by atoms with Crippen LogP contribution in [0, 0.1) is 11.3 Å². The molecule has 0 saturated carbocycles. The molecule has 0 bridgehead atoms. The van der Waals surface area contributed by atoms with Crippen LogP contribution < -0.4 is 4.90 Å². The summed E-state index contributed by atoms with van der Waals surface area (Å²) in [4.78, 5) is 15.0. The van der Waals surface area contributed by atoms with Gasteiger partial charge in [0.2, 0.25) is 5.91 Å². The van der Waals surface area contributed by atoms with Gasteiger partial charge in [-0.25, -0.2) is 0 Å². The Labute approximate surface area is 177 Å². The number of nitrogens with zero attached hydrogens (tertiary/aromatic N) is 3. The minimum absolute atomic E-state index is 0.0660. The molecular weight excluding hydrogens is 428 g/mol. The van der Waals surface area contributed by atoms with Crippen LogP contribution in [0.3, 0.4) is 0 Å². The van der Waals surface area contributed by atoms with Crippen molar-refractivity contribution in [2.45, 2.75) is 45.1 Å². The van der Waals surface area contributed by atoms with Crippen LogP contribution in [-0.4, -0.2) is 56.4 Å². The number of alkyl halides is 6. The topological polar surface area (TPSA) is 56.6 Å². The molecule has 0 N–H and O–H groups in total. The van der Waals surface area contributed by atoms with Gasteiger partial charge in [-0.05, 0) is 31.0 Å². The monoisotopic (exact) mass is 453 g/mol. The fourth-order valence-electron chi connectivity index (χ4n) is 3.16. The van der Waals surface area contributed by atoms with Crippen LogP contribution in [0.1, 0.15) is 37.8 Å². The normalized spacial score (nSPS) is 12.9. The summed E-state index contributed by atoms with van der Waals surface area (Å²) in [6, 6.07) is 2.34. The van der Waals surface area contributed by atoms with E-state index in [4.69, 9.17) is 10.00 Å². The smallest absolute Gasteiger partial charge is 0.383 e. The van der Waals surface area contributed by atoms with E-state index in [1.54, 1.807) is 6.92 Å². The van der Waals surface area contributed by atoms with Crippen molar-refractivity contribution in [1.82, 2.24) is 4.90 Å². The summed E-state index contributed by atoms with van der Waals surface area (Å²) in [5.41, 5.74) is -2.51. The molecule has 0 aliphatic heterocycles. The lowest BCUT2D eigenvalue weighted by molar-refractivity contribution is -0.137. The molecule has 5 nitrogen and oxygen atoms in total. The van der Waals surface area contributed by atoms with Gasteiger partial charge < -0.3 is 14.5 Å². The molecule has 0 saturated heterocycles. The molecule has 11 heteroatoms. The predicted molar refractivity (Wildman–Crippen MR) is 102 cm³/mol. The van der Waals surface area contributed by atoms with Crippen molar-refractivity contribution < 1.29 is 35.9 Å². The minimum Gasteiger partial charge on any atom is -0.383 e. The highest BCUT2D eigenvalue weighted by molar-refractivity contribution is 5.85. The standard InChI is InChI=1S/C20H25F6N3O2/c1-4-8-28(9-10-31-3)18(30)17(5-2)29(13-19(21,22)23)15-7-6-14(12-27)16(11-15)20(24,25)26/h6-7,11,17H,4-5,8-10,13H2,1-3H3. The number of carbonyl (C=O) groups excluding carboxylic acids is 1. The lowest BCUT2D eigenvalue weighted by Gasteiger charge is -2.36. The van der Waals surface area contributed by atoms with E-state index in [9.17, 15) is 31.1 Å². The van der Waals surface area contributed by atoms with Gasteiger partial charge in [-0.2, -0.15) is 31.6 Å². The molecular formula is C20H25F6N3O2. The minimum atomic E-state index is -4.94. The summed E-state index contributed by atoms with van der Waals surface area (Å²) >= 11 is 0. The first-order valence-corrected chi connectivity index (χ1v) is 9.62. The van der Waals surface area contributed by atoms with Gasteiger partial charge in [-0.15, -0.1) is 0 Å². The van der Waals surface area contributed by atoms with E-state index in [1.165, 1.54) is 25.0 Å². The lowest BCUT2D eigenvalue weighted by Crippen LogP contribution is -2.52. The van der Waals surface area contributed by atoms with Crippen LogP contribution in [0.4, 0.5) is 32.0 Å². The Kier molecular flexibility index (Phi) is 9.62. The number of rotatable bonds is 10. The fraction of sp³-hybridized carbons (Fsp3) is 0.600. The third kappa shape index (κ3) is 7.61. The average molecular weight is 453 g/mol. The number of hydrogen-bond donors (Lipinski definition) is 0. The lowest BCUT2D eigenvalue weighted by atomic mass is 10.0. The number of ether oxygens (including phenoxy) is 1. The number of carbonyl (C=O) groups is 1. The second-order valence-electron chi connectivity index (χ2n) is 6.82. The number of amides is 1. The molecule has 0 aliphatic rings. The second-order valence-corrected chi connectivity index (χ2v) is 6.82. The van der Waals surface area contributed by atoms with Crippen LogP contribution in [0.2, 0.25) is 0 Å². The number of halogens is 6. The summed E-state index contributed by atoms with van der Waals surface area (Å²) in [5.74, 6) is -0.636. The first-order valence-electron chi connectivity index (χ1n) is 9.62. The van der Waals surface area contributed by atoms with Crippen LogP contribution in [-0.2, 0) is 15.7 Å². The van der Waals surface area contributed by atoms with Crippen molar-refractivity contribution in [3.05, 3.63) is 29.3 Å². The van der Waals surface area contributed by atoms with Crippen LogP contribution >= 0.6 is 0 Å². The van der Waals surface area contributed by atoms with Crippen molar-refractivity contribution in [3.63, 3.8) is 0 Å². The van der Waals surface area contributed by atoms with E-state index in [-0.39, 0.29) is 26.1 Å². The molecule has 0 radical (unpaired) electrons. The van der Waals surface area contributed by atoms with Crippen molar-refractivity contribution >= 4 is 11.6 Å². The quantitative estimate of drug-likeness (QED) is 0.486. The van der Waals surface area contributed by atoms with Gasteiger partial charge in [0.25, 0.3) is 0 Å². The number of anilines is 1. The predicted octanol–water partition coefficient (Wildman–Crippen LogP) is 4.61. The molecule has 1 unspecified atom stereocenters. The van der Waals surface area contributed by atoms with Crippen LogP contribution in [0.15, 0.2) is 18.2 Å². The third-order valence-electron chi connectivity index (χ3n) is 4.53. The van der Waals surface area contributed by atoms with Crippen LogP contribution in [0.5, 0.6) is 0 Å². The maximum atomic E-state index is 13.3. The Morgan fingerprint density at radius 1 is 1.16 bits per heavy atom. The zero-order valence-electron chi connectivity index (χ0n) is 17.5. The Morgan fingerprint density at radius 3 is 2.26 bits per heavy atom. The molecule has 1 aromatic rings. The zero-order valence-corrected chi connectivity index (χ0v) is 17.5. The molecule has 0 spiro atoms. The van der Waals surface area contributed by atoms with E-state index in [0.717, 1.165) is 12.1 Å². The largest absolute Gasteiger partial charge is 0.417 e. The molecule has 0 aromatic heterocycles. The maximum absolute atomic E-state index is 13.3. The van der Waals surface area contributed by atoms with Crippen molar-refractivity contribution in [2.24, 2.45) is 0 Å². The first-order chi connectivity index (χ1) is 14.4. The van der Waals surface area contributed by atoms with E-state index < -0.39 is 47.7 Å². The van der Waals surface area contributed by atoms with Gasteiger partial charge in [-0.3, -0.25) is 4.79 Å². The maximum Gasteiger partial charge on any atom is 0.417 e. The van der Waals surface area contributed by atoms with E-state index >= 15 is 0 Å². The number of nitriles is 1. The van der Waals surface area contributed by atoms with Gasteiger partial charge in [0, 0.05) is 25.9 Å². The zero-order chi connectivity index (χ0) is 23.8. The highest BCUT2D eigenvalue weighted by Crippen LogP contribution is 2.36. The molecule has 31 heavy (non-hydrogen) atoms. The van der Waals surface area contributed by atoms with E-state index in [1.807, 2.05) is 0 Å². The molecule has 0 heterocycles. The highest BCUT2D eigenvalue weighted by atomic mass is 19.4. The van der Waals surface area contributed by atoms with Crippen molar-refractivity contribution in [3.8, 4) is 6.07 Å². The number of benzene rings is 1. The summed E-state index contributed by atoms with van der Waals surface area (Å²) < 4.78 is 84.9. The fourth-order valence-corrected chi connectivity index (χ4v) is 3.16. The van der Waals surface area contributed by atoms with Crippen molar-refractivity contribution in [2.75, 3.05) is 38.3 Å². The number of hydrogen-bond acceptors (Lipinski definition) is 4. The summed E-state index contributed by atoms with van der Waals surface area (Å²) in [6.07, 6.45) is -9.24. The summed E-state index contributed by atoms with van der Waals surface area (Å²) in [6.45, 7) is 2.22. The number of methoxy groups -OCH3 is 1. The van der Waals surface area contributed by atoms with Crippen molar-refractivity contribution in [1.29, 1.82) is 5.26 Å². The molecule has 0 aliphatic carbocycles. The molecule has 0 fully saturated rings. The van der Waals surface area contributed by atoms with Gasteiger partial charge in [0.05, 0.1) is 23.8 Å². The third-order valence-corrected chi connectivity index (χ3v) is 4.53. The van der Waals surface area contributed by atoms with E-state index in [0.29, 0.717) is 17.4 Å². The summed E-state index contributed by atoms with van der Waals surface area (Å²) in [7, 11) is 1.41. The van der Waals surface area contributed by atoms with Gasteiger partial charge in [0.15, 0.2) is 0 Å². The van der Waals surface area contributed by atoms with Gasteiger partial charge in [0.1, 0.15) is 12.6 Å². The second kappa shape index (κ2) is 11.2. The molecule has 1 aromatic carbocycles. The molecule has 1 amide bonds. The van der Waals surface area contributed by atoms with Gasteiger partial charge >= 0.3 is 12.4 Å². The van der Waals surface area contributed by atoms with Crippen LogP contribution in [0.25, 0.3) is 0 Å². The molecule has 174 valence electrons. The van der Waals surface area contributed by atoms with E-state index in [2.05, 4.69) is 0 Å². The molecule has 1 atom stereocenters. The highest BCUT2D eigenvalue weighted by Gasteiger charge is 2.39. The Bertz CT molecular complexity index is 774. The first kappa shape index (κ1) is 26.6. The van der Waals surface area contributed by atoms with Gasteiger partial charge in [-0.1, -0.05) is 13.8 Å². The Balaban J connectivity index is 3.50. The molecule has 1 rings (SSSR count).